The van der Waals surface area contributed by atoms with Crippen LogP contribution in [0.2, 0.25) is 5.02 Å². The van der Waals surface area contributed by atoms with Crippen LogP contribution in [-0.2, 0) is 6.61 Å². The molecule has 0 saturated carbocycles. The van der Waals surface area contributed by atoms with Gasteiger partial charge in [0.2, 0.25) is 5.95 Å². The van der Waals surface area contributed by atoms with Crippen LogP contribution < -0.4 is 20.0 Å². The Kier molecular flexibility index (Phi) is 8.35. The van der Waals surface area contributed by atoms with Crippen molar-refractivity contribution in [2.45, 2.75) is 45.1 Å². The van der Waals surface area contributed by atoms with Crippen LogP contribution in [-0.4, -0.2) is 42.4 Å². The molecule has 194 valence electrons. The number of piperidine rings is 2. The third kappa shape index (κ3) is 6.89. The van der Waals surface area contributed by atoms with E-state index in [0.717, 1.165) is 61.9 Å². The molecule has 1 N–H and O–H groups in total. The first-order valence-corrected chi connectivity index (χ1v) is 13.4. The predicted octanol–water partition coefficient (Wildman–Crippen LogP) is 6.27. The highest BCUT2D eigenvalue weighted by Gasteiger charge is 2.19. The maximum Gasteiger partial charge on any atom is 0.229 e. The Balaban J connectivity index is 1.33. The van der Waals surface area contributed by atoms with Crippen LogP contribution in [0.4, 0.5) is 22.0 Å². The molecule has 0 unspecified atom stereocenters. The van der Waals surface area contributed by atoms with Gasteiger partial charge in [-0.15, -0.1) is 0 Å². The standard InChI is InChI=1S/C28H32ClFN6O/c29-23-9-12-25(37-20-21-7-10-24(30)11-8-21)22(17-23)19-31-34-26-18-27(35-13-3-1-4-14-35)33-28(32-26)36-15-5-2-6-16-36/h7-12,17-19H,1-6,13-16,20H2,(H,32,33,34). The second-order valence-electron chi connectivity index (χ2n) is 9.47. The van der Waals surface area contributed by atoms with Crippen LogP contribution >= 0.6 is 11.6 Å². The zero-order valence-corrected chi connectivity index (χ0v) is 21.6. The lowest BCUT2D eigenvalue weighted by atomic mass is 10.1. The van der Waals surface area contributed by atoms with Gasteiger partial charge in [-0.05, 0) is 74.4 Å². The van der Waals surface area contributed by atoms with Gasteiger partial charge in [0.05, 0.1) is 6.21 Å². The second-order valence-corrected chi connectivity index (χ2v) is 9.91. The summed E-state index contributed by atoms with van der Waals surface area (Å²) in [5.41, 5.74) is 4.70. The lowest BCUT2D eigenvalue weighted by molar-refractivity contribution is 0.305. The first-order chi connectivity index (χ1) is 18.1. The molecule has 7 nitrogen and oxygen atoms in total. The fourth-order valence-electron chi connectivity index (χ4n) is 4.66. The number of hydrogen-bond acceptors (Lipinski definition) is 7. The van der Waals surface area contributed by atoms with Crippen molar-refractivity contribution in [2.24, 2.45) is 5.10 Å². The molecule has 0 bridgehead atoms. The molecule has 2 fully saturated rings. The summed E-state index contributed by atoms with van der Waals surface area (Å²) in [4.78, 5) is 14.3. The van der Waals surface area contributed by atoms with Crippen molar-refractivity contribution in [1.82, 2.24) is 9.97 Å². The van der Waals surface area contributed by atoms with E-state index in [4.69, 9.17) is 26.3 Å². The number of rotatable bonds is 8. The van der Waals surface area contributed by atoms with E-state index in [1.54, 1.807) is 36.5 Å². The Morgan fingerprint density at radius 1 is 0.892 bits per heavy atom. The number of hydrogen-bond donors (Lipinski definition) is 1. The molecule has 0 atom stereocenters. The summed E-state index contributed by atoms with van der Waals surface area (Å²) in [6, 6.07) is 13.6. The van der Waals surface area contributed by atoms with Gasteiger partial charge in [0.25, 0.3) is 0 Å². The minimum Gasteiger partial charge on any atom is -0.488 e. The summed E-state index contributed by atoms with van der Waals surface area (Å²) in [6.07, 6.45) is 8.87. The van der Waals surface area contributed by atoms with Gasteiger partial charge >= 0.3 is 0 Å². The van der Waals surface area contributed by atoms with Crippen LogP contribution in [0, 0.1) is 5.82 Å². The molecule has 9 heteroatoms. The summed E-state index contributed by atoms with van der Waals surface area (Å²) in [6.45, 7) is 4.28. The molecule has 0 radical (unpaired) electrons. The Hall–Kier alpha value is -3.39. The van der Waals surface area contributed by atoms with E-state index < -0.39 is 0 Å². The highest BCUT2D eigenvalue weighted by molar-refractivity contribution is 6.30. The number of anilines is 3. The fraction of sp³-hybridized carbons (Fsp3) is 0.393. The summed E-state index contributed by atoms with van der Waals surface area (Å²) in [5, 5.41) is 5.04. The Morgan fingerprint density at radius 2 is 1.59 bits per heavy atom. The zero-order valence-electron chi connectivity index (χ0n) is 20.9. The summed E-state index contributed by atoms with van der Waals surface area (Å²) in [5.74, 6) is 2.71. The first kappa shape index (κ1) is 25.3. The van der Waals surface area contributed by atoms with Crippen LogP contribution in [0.1, 0.15) is 49.7 Å². The minimum atomic E-state index is -0.272. The fourth-order valence-corrected chi connectivity index (χ4v) is 4.84. The number of nitrogens with one attached hydrogen (secondary N) is 1. The molecule has 2 aliphatic heterocycles. The zero-order chi connectivity index (χ0) is 25.5. The monoisotopic (exact) mass is 522 g/mol. The van der Waals surface area contributed by atoms with Gasteiger partial charge in [-0.3, -0.25) is 5.43 Å². The number of nitrogens with zero attached hydrogens (tertiary/aromatic N) is 5. The second kappa shape index (κ2) is 12.2. The normalized spacial score (nSPS) is 16.3. The molecular formula is C28H32ClFN6O. The van der Waals surface area contributed by atoms with Crippen molar-refractivity contribution < 1.29 is 9.13 Å². The highest BCUT2D eigenvalue weighted by Crippen LogP contribution is 2.26. The molecule has 1 aromatic heterocycles. The first-order valence-electron chi connectivity index (χ1n) is 13.0. The molecule has 0 spiro atoms. The highest BCUT2D eigenvalue weighted by atomic mass is 35.5. The van der Waals surface area contributed by atoms with E-state index in [1.807, 2.05) is 6.07 Å². The van der Waals surface area contributed by atoms with Gasteiger partial charge in [-0.2, -0.15) is 15.1 Å². The smallest absolute Gasteiger partial charge is 0.229 e. The number of halogens is 2. The molecule has 0 aliphatic carbocycles. The van der Waals surface area contributed by atoms with E-state index in [0.29, 0.717) is 23.2 Å². The molecule has 2 aromatic carbocycles. The van der Waals surface area contributed by atoms with Crippen LogP contribution in [0.3, 0.4) is 0 Å². The molecule has 3 heterocycles. The van der Waals surface area contributed by atoms with Gasteiger partial charge < -0.3 is 14.5 Å². The van der Waals surface area contributed by atoms with E-state index >= 15 is 0 Å². The van der Waals surface area contributed by atoms with Crippen LogP contribution in [0.25, 0.3) is 0 Å². The third-order valence-electron chi connectivity index (χ3n) is 6.68. The quantitative estimate of drug-likeness (QED) is 0.277. The number of ether oxygens (including phenoxy) is 1. The van der Waals surface area contributed by atoms with Gasteiger partial charge in [-0.1, -0.05) is 23.7 Å². The summed E-state index contributed by atoms with van der Waals surface area (Å²) < 4.78 is 19.2. The van der Waals surface area contributed by atoms with Crippen molar-refractivity contribution in [3.63, 3.8) is 0 Å². The predicted molar refractivity (Wildman–Crippen MR) is 148 cm³/mol. The van der Waals surface area contributed by atoms with Gasteiger partial charge in [0, 0.05) is 42.8 Å². The van der Waals surface area contributed by atoms with Crippen molar-refractivity contribution in [2.75, 3.05) is 41.4 Å². The van der Waals surface area contributed by atoms with Gasteiger partial charge in [0.1, 0.15) is 24.0 Å². The number of benzene rings is 2. The molecular weight excluding hydrogens is 491 g/mol. The number of hydrazone groups is 1. The largest absolute Gasteiger partial charge is 0.488 e. The molecule has 2 aliphatic rings. The Labute approximate surface area is 222 Å². The average Bonchev–Trinajstić information content (AvgIpc) is 2.94. The van der Waals surface area contributed by atoms with E-state index in [-0.39, 0.29) is 5.82 Å². The molecule has 2 saturated heterocycles. The van der Waals surface area contributed by atoms with Crippen molar-refractivity contribution in [3.8, 4) is 5.75 Å². The van der Waals surface area contributed by atoms with Gasteiger partial charge in [-0.25, -0.2) is 4.39 Å². The maximum absolute atomic E-state index is 13.2. The minimum absolute atomic E-state index is 0.272. The molecule has 3 aromatic rings. The third-order valence-corrected chi connectivity index (χ3v) is 6.92. The lowest BCUT2D eigenvalue weighted by Gasteiger charge is -2.31. The van der Waals surface area contributed by atoms with Crippen LogP contribution in [0.5, 0.6) is 5.75 Å². The Bertz CT molecular complexity index is 1170. The topological polar surface area (TPSA) is 65.9 Å². The molecule has 0 amide bonds. The summed E-state index contributed by atoms with van der Waals surface area (Å²) >= 11 is 6.25. The van der Waals surface area contributed by atoms with E-state index in [2.05, 4.69) is 20.3 Å². The Morgan fingerprint density at radius 3 is 2.32 bits per heavy atom. The van der Waals surface area contributed by atoms with Crippen molar-refractivity contribution in [3.05, 3.63) is 70.5 Å². The summed E-state index contributed by atoms with van der Waals surface area (Å²) in [7, 11) is 0. The van der Waals surface area contributed by atoms with E-state index in [1.165, 1.54) is 37.8 Å². The van der Waals surface area contributed by atoms with Crippen molar-refractivity contribution in [1.29, 1.82) is 0 Å². The van der Waals surface area contributed by atoms with Crippen LogP contribution in [0.15, 0.2) is 53.6 Å². The number of aromatic nitrogens is 2. The van der Waals surface area contributed by atoms with Gasteiger partial charge in [0.15, 0.2) is 5.82 Å². The lowest BCUT2D eigenvalue weighted by Crippen LogP contribution is -2.33. The molecule has 5 rings (SSSR count). The SMILES string of the molecule is Fc1ccc(COc2ccc(Cl)cc2C=NNc2cc(N3CCCCC3)nc(N3CCCCC3)n2)cc1. The average molecular weight is 523 g/mol. The maximum atomic E-state index is 13.2. The molecule has 37 heavy (non-hydrogen) atoms. The van der Waals surface area contributed by atoms with Crippen molar-refractivity contribution >= 4 is 35.4 Å². The van der Waals surface area contributed by atoms with E-state index in [9.17, 15) is 4.39 Å².